The maximum atomic E-state index is 11.9. The minimum atomic E-state index is -0.945. The quantitative estimate of drug-likeness (QED) is 0.790. The summed E-state index contributed by atoms with van der Waals surface area (Å²) in [7, 11) is 1.65. The molecule has 0 aliphatic carbocycles. The number of thiazole rings is 1. The Morgan fingerprint density at radius 2 is 2.28 bits per heavy atom. The van der Waals surface area contributed by atoms with Gasteiger partial charge in [0.15, 0.2) is 0 Å². The molecule has 0 saturated carbocycles. The molecule has 0 bridgehead atoms. The number of nitrogens with two attached hydrogens (primary N) is 1. The summed E-state index contributed by atoms with van der Waals surface area (Å²) in [5.74, 6) is -1.19. The van der Waals surface area contributed by atoms with Gasteiger partial charge in [0.05, 0.1) is 23.8 Å². The highest BCUT2D eigenvalue weighted by Crippen LogP contribution is 2.14. The van der Waals surface area contributed by atoms with Crippen LogP contribution in [-0.2, 0) is 16.1 Å². The highest BCUT2D eigenvalue weighted by Gasteiger charge is 2.19. The minimum Gasteiger partial charge on any atom is -0.481 e. The van der Waals surface area contributed by atoms with Crippen molar-refractivity contribution >= 4 is 23.2 Å². The molecule has 1 amide bonds. The van der Waals surface area contributed by atoms with Crippen molar-refractivity contribution in [1.29, 1.82) is 0 Å². The van der Waals surface area contributed by atoms with Gasteiger partial charge in [0.25, 0.3) is 0 Å². The molecule has 0 spiro atoms. The summed E-state index contributed by atoms with van der Waals surface area (Å²) in [6.45, 7) is 2.34. The van der Waals surface area contributed by atoms with E-state index < -0.39 is 12.0 Å². The van der Waals surface area contributed by atoms with Crippen LogP contribution in [0.25, 0.3) is 0 Å². The first-order valence-electron chi connectivity index (χ1n) is 5.53. The molecule has 100 valence electrons. The van der Waals surface area contributed by atoms with Crippen LogP contribution in [-0.4, -0.2) is 40.0 Å². The number of aromatic nitrogens is 1. The number of carboxylic acids is 1. The van der Waals surface area contributed by atoms with Crippen LogP contribution in [0.5, 0.6) is 0 Å². The largest absolute Gasteiger partial charge is 0.481 e. The van der Waals surface area contributed by atoms with Crippen molar-refractivity contribution < 1.29 is 14.7 Å². The number of nitrogens with zero attached hydrogens (tertiary/aromatic N) is 2. The van der Waals surface area contributed by atoms with Crippen molar-refractivity contribution in [2.45, 2.75) is 32.4 Å². The van der Waals surface area contributed by atoms with Crippen LogP contribution in [0.4, 0.5) is 0 Å². The van der Waals surface area contributed by atoms with Gasteiger partial charge in [0.2, 0.25) is 5.91 Å². The van der Waals surface area contributed by atoms with Crippen LogP contribution in [0.2, 0.25) is 0 Å². The molecular formula is C11H17N3O3S. The van der Waals surface area contributed by atoms with Crippen molar-refractivity contribution in [3.63, 3.8) is 0 Å². The second-order valence-electron chi connectivity index (χ2n) is 4.09. The Balaban J connectivity index is 2.50. The fourth-order valence-electron chi connectivity index (χ4n) is 1.46. The molecule has 1 unspecified atom stereocenters. The van der Waals surface area contributed by atoms with E-state index in [9.17, 15) is 9.59 Å². The summed E-state index contributed by atoms with van der Waals surface area (Å²) >= 11 is 1.49. The monoisotopic (exact) mass is 271 g/mol. The molecule has 1 aromatic rings. The third kappa shape index (κ3) is 4.08. The van der Waals surface area contributed by atoms with Crippen LogP contribution in [0.15, 0.2) is 5.51 Å². The molecule has 3 N–H and O–H groups in total. The van der Waals surface area contributed by atoms with E-state index in [1.54, 1.807) is 12.6 Å². The van der Waals surface area contributed by atoms with Gasteiger partial charge in [-0.05, 0) is 13.3 Å². The van der Waals surface area contributed by atoms with Gasteiger partial charge in [0.1, 0.15) is 0 Å². The van der Waals surface area contributed by atoms with Crippen LogP contribution >= 0.6 is 11.3 Å². The van der Waals surface area contributed by atoms with Crippen LogP contribution in [0.3, 0.4) is 0 Å². The Morgan fingerprint density at radius 1 is 1.61 bits per heavy atom. The molecule has 0 aliphatic heterocycles. The highest BCUT2D eigenvalue weighted by atomic mass is 32.1. The van der Waals surface area contributed by atoms with Gasteiger partial charge in [-0.3, -0.25) is 9.59 Å². The lowest BCUT2D eigenvalue weighted by Crippen LogP contribution is -2.41. The topological polar surface area (TPSA) is 96.5 Å². The number of hydrogen-bond donors (Lipinski definition) is 2. The molecule has 1 heterocycles. The van der Waals surface area contributed by atoms with Gasteiger partial charge in [-0.1, -0.05) is 0 Å². The highest BCUT2D eigenvalue weighted by molar-refractivity contribution is 7.09. The zero-order valence-electron chi connectivity index (χ0n) is 10.4. The van der Waals surface area contributed by atoms with E-state index in [1.165, 1.54) is 16.2 Å². The molecular weight excluding hydrogens is 254 g/mol. The van der Waals surface area contributed by atoms with E-state index >= 15 is 0 Å². The zero-order chi connectivity index (χ0) is 13.7. The molecule has 0 aromatic carbocycles. The predicted octanol–water partition coefficient (Wildman–Crippen LogP) is 0.602. The molecule has 7 heteroatoms. The number of rotatable bonds is 6. The van der Waals surface area contributed by atoms with Crippen LogP contribution in [0.1, 0.15) is 23.4 Å². The lowest BCUT2D eigenvalue weighted by atomic mass is 10.1. The fraction of sp³-hybridized carbons (Fsp3) is 0.545. The summed E-state index contributed by atoms with van der Waals surface area (Å²) in [6.07, 6.45) is 0.0561. The fourth-order valence-corrected chi connectivity index (χ4v) is 2.29. The molecule has 1 atom stereocenters. The lowest BCUT2D eigenvalue weighted by molar-refractivity contribution is -0.137. The van der Waals surface area contributed by atoms with E-state index in [1.807, 2.05) is 6.92 Å². The number of carbonyl (C=O) groups is 2. The van der Waals surface area contributed by atoms with E-state index in [0.717, 1.165) is 10.6 Å². The minimum absolute atomic E-state index is 0.0969. The summed E-state index contributed by atoms with van der Waals surface area (Å²) < 4.78 is 0. The number of carboxylic acid groups (broad SMARTS) is 1. The molecule has 6 nitrogen and oxygen atoms in total. The number of hydrogen-bond acceptors (Lipinski definition) is 5. The van der Waals surface area contributed by atoms with Gasteiger partial charge in [-0.25, -0.2) is 4.98 Å². The van der Waals surface area contributed by atoms with Gasteiger partial charge >= 0.3 is 5.97 Å². The van der Waals surface area contributed by atoms with Crippen LogP contribution in [0, 0.1) is 6.92 Å². The number of carbonyl (C=O) groups excluding carboxylic acids is 1. The maximum absolute atomic E-state index is 11.9. The van der Waals surface area contributed by atoms with Gasteiger partial charge in [-0.15, -0.1) is 11.3 Å². The van der Waals surface area contributed by atoms with E-state index in [0.29, 0.717) is 6.54 Å². The Bertz CT molecular complexity index is 433. The molecule has 1 aromatic heterocycles. The van der Waals surface area contributed by atoms with Gasteiger partial charge in [0, 0.05) is 18.3 Å². The third-order valence-corrected chi connectivity index (χ3v) is 3.51. The van der Waals surface area contributed by atoms with E-state index in [4.69, 9.17) is 10.8 Å². The predicted molar refractivity (Wildman–Crippen MR) is 68.2 cm³/mol. The smallest absolute Gasteiger partial charge is 0.303 e. The zero-order valence-corrected chi connectivity index (χ0v) is 11.2. The Morgan fingerprint density at radius 3 is 2.78 bits per heavy atom. The van der Waals surface area contributed by atoms with Crippen molar-refractivity contribution in [3.05, 3.63) is 16.1 Å². The molecule has 0 fully saturated rings. The average molecular weight is 271 g/mol. The van der Waals surface area contributed by atoms with Crippen molar-refractivity contribution in [3.8, 4) is 0 Å². The van der Waals surface area contributed by atoms with E-state index in [-0.39, 0.29) is 18.7 Å². The van der Waals surface area contributed by atoms with E-state index in [2.05, 4.69) is 4.98 Å². The molecule has 18 heavy (non-hydrogen) atoms. The lowest BCUT2D eigenvalue weighted by Gasteiger charge is -2.20. The second kappa shape index (κ2) is 6.46. The number of aryl methyl sites for hydroxylation is 1. The number of aliphatic carboxylic acids is 1. The Labute approximate surface area is 109 Å². The van der Waals surface area contributed by atoms with Crippen molar-refractivity contribution in [2.75, 3.05) is 7.05 Å². The molecule has 0 saturated heterocycles. The second-order valence-corrected chi connectivity index (χ2v) is 5.03. The summed E-state index contributed by atoms with van der Waals surface area (Å²) in [4.78, 5) is 28.9. The third-order valence-electron chi connectivity index (χ3n) is 2.59. The summed E-state index contributed by atoms with van der Waals surface area (Å²) in [5, 5.41) is 8.54. The first kappa shape index (κ1) is 14.6. The first-order valence-corrected chi connectivity index (χ1v) is 6.41. The maximum Gasteiger partial charge on any atom is 0.303 e. The Kier molecular flexibility index (Phi) is 5.24. The number of likely N-dealkylation sites (N-methyl/N-ethyl adjacent to an activating group) is 1. The normalized spacial score (nSPS) is 12.2. The first-order chi connectivity index (χ1) is 8.41. The Hall–Kier alpha value is -1.47. The molecule has 0 aliphatic rings. The van der Waals surface area contributed by atoms with Crippen molar-refractivity contribution in [2.24, 2.45) is 5.73 Å². The number of amides is 1. The van der Waals surface area contributed by atoms with Crippen LogP contribution < -0.4 is 5.73 Å². The van der Waals surface area contributed by atoms with Gasteiger partial charge in [-0.2, -0.15) is 0 Å². The summed E-state index contributed by atoms with van der Waals surface area (Å²) in [6, 6.07) is -0.765. The SMILES string of the molecule is Cc1ncsc1CN(C)C(=O)C(N)CCC(=O)O. The molecule has 1 rings (SSSR count). The summed E-state index contributed by atoms with van der Waals surface area (Å²) in [5.41, 5.74) is 8.30. The molecule has 0 radical (unpaired) electrons. The standard InChI is InChI=1S/C11H17N3O3S/c1-7-9(18-6-13-7)5-14(2)11(17)8(12)3-4-10(15)16/h6,8H,3-5,12H2,1-2H3,(H,15,16). The van der Waals surface area contributed by atoms with Crippen molar-refractivity contribution in [1.82, 2.24) is 9.88 Å². The average Bonchev–Trinajstić information content (AvgIpc) is 2.70. The van der Waals surface area contributed by atoms with Gasteiger partial charge < -0.3 is 15.7 Å².